The number of halogens is 1. The highest BCUT2D eigenvalue weighted by Crippen LogP contribution is 2.29. The van der Waals surface area contributed by atoms with E-state index in [4.69, 9.17) is 4.74 Å². The first-order chi connectivity index (χ1) is 9.51. The first kappa shape index (κ1) is 15.1. The Hall–Kier alpha value is -1.32. The van der Waals surface area contributed by atoms with Gasteiger partial charge in [-0.3, -0.25) is 0 Å². The lowest BCUT2D eigenvalue weighted by molar-refractivity contribution is 0.178. The van der Waals surface area contributed by atoms with Crippen molar-refractivity contribution in [3.8, 4) is 5.75 Å². The molecule has 0 aromatic heterocycles. The fraction of sp³-hybridized carbons (Fsp3) is 0.294. The van der Waals surface area contributed by atoms with Gasteiger partial charge in [-0.05, 0) is 58.6 Å². The van der Waals surface area contributed by atoms with E-state index in [0.29, 0.717) is 6.42 Å². The molecule has 0 fully saturated rings. The summed E-state index contributed by atoms with van der Waals surface area (Å²) in [5, 5.41) is 10.4. The summed E-state index contributed by atoms with van der Waals surface area (Å²) in [5.41, 5.74) is 4.50. The lowest BCUT2D eigenvalue weighted by Gasteiger charge is -2.15. The van der Waals surface area contributed by atoms with Crippen LogP contribution in [0.1, 0.15) is 28.4 Å². The molecule has 0 saturated heterocycles. The molecule has 0 bridgehead atoms. The molecule has 0 amide bonds. The summed E-state index contributed by atoms with van der Waals surface area (Å²) >= 11 is 3.45. The molecule has 0 saturated carbocycles. The Morgan fingerprint density at radius 2 is 1.90 bits per heavy atom. The van der Waals surface area contributed by atoms with Gasteiger partial charge in [-0.2, -0.15) is 0 Å². The molecule has 20 heavy (non-hydrogen) atoms. The van der Waals surface area contributed by atoms with Gasteiger partial charge in [0, 0.05) is 6.42 Å². The number of aliphatic hydroxyl groups excluding tert-OH is 1. The smallest absolute Gasteiger partial charge is 0.133 e. The van der Waals surface area contributed by atoms with Gasteiger partial charge in [-0.25, -0.2) is 0 Å². The standard InChI is InChI=1S/C17H19BrO2/c1-11-4-5-12(2)14(8-11)10-16(19)13-6-7-17(20-3)15(18)9-13/h4-9,16,19H,10H2,1-3H3. The quantitative estimate of drug-likeness (QED) is 0.900. The second kappa shape index (κ2) is 6.42. The van der Waals surface area contributed by atoms with Gasteiger partial charge in [0.2, 0.25) is 0 Å². The maximum absolute atomic E-state index is 10.4. The maximum atomic E-state index is 10.4. The average molecular weight is 335 g/mol. The summed E-state index contributed by atoms with van der Waals surface area (Å²) in [6.45, 7) is 4.14. The Morgan fingerprint density at radius 1 is 1.15 bits per heavy atom. The van der Waals surface area contributed by atoms with Crippen LogP contribution in [0.3, 0.4) is 0 Å². The van der Waals surface area contributed by atoms with Gasteiger partial charge in [0.05, 0.1) is 17.7 Å². The number of hydrogen-bond acceptors (Lipinski definition) is 2. The first-order valence-electron chi connectivity index (χ1n) is 6.59. The lowest BCUT2D eigenvalue weighted by Crippen LogP contribution is -2.04. The highest BCUT2D eigenvalue weighted by molar-refractivity contribution is 9.10. The number of methoxy groups -OCH3 is 1. The summed E-state index contributed by atoms with van der Waals surface area (Å²) in [4.78, 5) is 0. The lowest BCUT2D eigenvalue weighted by atomic mass is 9.97. The average Bonchev–Trinajstić information content (AvgIpc) is 2.42. The van der Waals surface area contributed by atoms with Gasteiger partial charge in [0.25, 0.3) is 0 Å². The van der Waals surface area contributed by atoms with E-state index >= 15 is 0 Å². The third-order valence-electron chi connectivity index (χ3n) is 3.48. The van der Waals surface area contributed by atoms with Crippen molar-refractivity contribution in [3.05, 3.63) is 63.1 Å². The summed E-state index contributed by atoms with van der Waals surface area (Å²) in [7, 11) is 1.63. The van der Waals surface area contributed by atoms with Gasteiger partial charge in [0.15, 0.2) is 0 Å². The minimum Gasteiger partial charge on any atom is -0.496 e. The molecule has 0 radical (unpaired) electrons. The number of benzene rings is 2. The van der Waals surface area contributed by atoms with E-state index in [0.717, 1.165) is 15.8 Å². The molecule has 0 aliphatic rings. The van der Waals surface area contributed by atoms with Crippen LogP contribution in [-0.2, 0) is 6.42 Å². The third-order valence-corrected chi connectivity index (χ3v) is 4.10. The van der Waals surface area contributed by atoms with Crippen molar-refractivity contribution in [2.24, 2.45) is 0 Å². The topological polar surface area (TPSA) is 29.5 Å². The van der Waals surface area contributed by atoms with Gasteiger partial charge in [-0.1, -0.05) is 29.8 Å². The number of hydrogen-bond donors (Lipinski definition) is 1. The highest BCUT2D eigenvalue weighted by atomic mass is 79.9. The Kier molecular flexibility index (Phi) is 4.84. The molecule has 3 heteroatoms. The van der Waals surface area contributed by atoms with Crippen LogP contribution in [0.25, 0.3) is 0 Å². The van der Waals surface area contributed by atoms with Crippen molar-refractivity contribution in [2.45, 2.75) is 26.4 Å². The zero-order chi connectivity index (χ0) is 14.7. The molecule has 0 spiro atoms. The zero-order valence-electron chi connectivity index (χ0n) is 12.0. The van der Waals surface area contributed by atoms with E-state index in [1.165, 1.54) is 16.7 Å². The van der Waals surface area contributed by atoms with Crippen LogP contribution in [0.2, 0.25) is 0 Å². The van der Waals surface area contributed by atoms with Crippen LogP contribution < -0.4 is 4.74 Å². The van der Waals surface area contributed by atoms with Gasteiger partial charge < -0.3 is 9.84 Å². The summed E-state index contributed by atoms with van der Waals surface area (Å²) in [6.07, 6.45) is 0.101. The normalized spacial score (nSPS) is 12.2. The van der Waals surface area contributed by atoms with Crippen molar-refractivity contribution < 1.29 is 9.84 Å². The fourth-order valence-electron chi connectivity index (χ4n) is 2.24. The van der Waals surface area contributed by atoms with Crippen LogP contribution in [0, 0.1) is 13.8 Å². The number of aliphatic hydroxyl groups is 1. The number of rotatable bonds is 4. The molecule has 2 aromatic rings. The molecule has 0 heterocycles. The van der Waals surface area contributed by atoms with Crippen LogP contribution in [0.5, 0.6) is 5.75 Å². The summed E-state index contributed by atoms with van der Waals surface area (Å²) < 4.78 is 6.06. The Morgan fingerprint density at radius 3 is 2.55 bits per heavy atom. The minimum absolute atomic E-state index is 0.516. The van der Waals surface area contributed by atoms with E-state index < -0.39 is 6.10 Å². The monoisotopic (exact) mass is 334 g/mol. The molecule has 0 aliphatic carbocycles. The predicted octanol–water partition coefficient (Wildman–Crippen LogP) is 4.35. The van der Waals surface area contributed by atoms with E-state index in [1.807, 2.05) is 18.2 Å². The summed E-state index contributed by atoms with van der Waals surface area (Å²) in [6, 6.07) is 12.0. The molecular formula is C17H19BrO2. The maximum Gasteiger partial charge on any atom is 0.133 e. The van der Waals surface area contributed by atoms with Crippen LogP contribution in [0.4, 0.5) is 0 Å². The van der Waals surface area contributed by atoms with Crippen molar-refractivity contribution in [1.82, 2.24) is 0 Å². The molecule has 0 aliphatic heterocycles. The number of aryl methyl sites for hydroxylation is 2. The summed E-state index contributed by atoms with van der Waals surface area (Å²) in [5.74, 6) is 0.771. The molecule has 1 atom stereocenters. The zero-order valence-corrected chi connectivity index (χ0v) is 13.6. The molecule has 106 valence electrons. The molecule has 2 rings (SSSR count). The Balaban J connectivity index is 2.21. The van der Waals surface area contributed by atoms with Crippen molar-refractivity contribution in [3.63, 3.8) is 0 Å². The molecular weight excluding hydrogens is 316 g/mol. The first-order valence-corrected chi connectivity index (χ1v) is 7.38. The van der Waals surface area contributed by atoms with Crippen LogP contribution in [-0.4, -0.2) is 12.2 Å². The van der Waals surface area contributed by atoms with Gasteiger partial charge >= 0.3 is 0 Å². The largest absolute Gasteiger partial charge is 0.496 e. The Labute approximate surface area is 128 Å². The highest BCUT2D eigenvalue weighted by Gasteiger charge is 2.12. The van der Waals surface area contributed by atoms with E-state index in [1.54, 1.807) is 7.11 Å². The molecule has 1 N–H and O–H groups in total. The molecule has 1 unspecified atom stereocenters. The van der Waals surface area contributed by atoms with Gasteiger partial charge in [0.1, 0.15) is 5.75 Å². The SMILES string of the molecule is COc1ccc(C(O)Cc2cc(C)ccc2C)cc1Br. The minimum atomic E-state index is -0.516. The predicted molar refractivity (Wildman–Crippen MR) is 85.3 cm³/mol. The molecule has 2 aromatic carbocycles. The van der Waals surface area contributed by atoms with Crippen molar-refractivity contribution in [1.29, 1.82) is 0 Å². The van der Waals surface area contributed by atoms with E-state index in [-0.39, 0.29) is 0 Å². The van der Waals surface area contributed by atoms with E-state index in [2.05, 4.69) is 48.0 Å². The number of ether oxygens (including phenoxy) is 1. The van der Waals surface area contributed by atoms with Crippen LogP contribution >= 0.6 is 15.9 Å². The van der Waals surface area contributed by atoms with Crippen molar-refractivity contribution >= 4 is 15.9 Å². The molecule has 2 nitrogen and oxygen atoms in total. The second-order valence-electron chi connectivity index (χ2n) is 5.04. The van der Waals surface area contributed by atoms with Gasteiger partial charge in [-0.15, -0.1) is 0 Å². The Bertz CT molecular complexity index is 608. The van der Waals surface area contributed by atoms with E-state index in [9.17, 15) is 5.11 Å². The fourth-order valence-corrected chi connectivity index (χ4v) is 2.79. The third kappa shape index (κ3) is 3.41. The van der Waals surface area contributed by atoms with Crippen molar-refractivity contribution in [2.75, 3.05) is 7.11 Å². The second-order valence-corrected chi connectivity index (χ2v) is 5.90. The van der Waals surface area contributed by atoms with Crippen LogP contribution in [0.15, 0.2) is 40.9 Å².